The molecule has 0 bridgehead atoms. The maximum Gasteiger partial charge on any atom is 0.261 e. The van der Waals surface area contributed by atoms with Crippen molar-refractivity contribution in [2.45, 2.75) is 45.1 Å². The third-order valence-electron chi connectivity index (χ3n) is 3.69. The van der Waals surface area contributed by atoms with E-state index in [2.05, 4.69) is 0 Å². The molecule has 0 spiro atoms. The molecule has 0 heterocycles. The van der Waals surface area contributed by atoms with Crippen LogP contribution in [-0.2, 0) is 9.53 Å². The van der Waals surface area contributed by atoms with E-state index in [1.165, 1.54) is 0 Å². The highest BCUT2D eigenvalue weighted by atomic mass is 19.3. The molecular formula is C13H24F2N2O2. The fourth-order valence-electron chi connectivity index (χ4n) is 2.77. The van der Waals surface area contributed by atoms with Gasteiger partial charge in [-0.2, -0.15) is 0 Å². The molecular weight excluding hydrogens is 254 g/mol. The average Bonchev–Trinajstić information content (AvgIpc) is 2.83. The Morgan fingerprint density at radius 3 is 2.79 bits per heavy atom. The van der Waals surface area contributed by atoms with Crippen molar-refractivity contribution in [3.63, 3.8) is 0 Å². The topological polar surface area (TPSA) is 55.6 Å². The van der Waals surface area contributed by atoms with E-state index >= 15 is 0 Å². The van der Waals surface area contributed by atoms with Crippen molar-refractivity contribution in [3.8, 4) is 0 Å². The van der Waals surface area contributed by atoms with E-state index in [0.717, 1.165) is 19.3 Å². The van der Waals surface area contributed by atoms with Crippen LogP contribution in [0.15, 0.2) is 0 Å². The van der Waals surface area contributed by atoms with Crippen molar-refractivity contribution < 1.29 is 18.3 Å². The Balaban J connectivity index is 2.39. The molecule has 6 heteroatoms. The normalized spacial score (nSPS) is 23.0. The zero-order valence-electron chi connectivity index (χ0n) is 11.5. The molecule has 0 aromatic rings. The van der Waals surface area contributed by atoms with Gasteiger partial charge in [0, 0.05) is 12.6 Å². The first-order valence-corrected chi connectivity index (χ1v) is 6.95. The Morgan fingerprint density at radius 1 is 1.47 bits per heavy atom. The van der Waals surface area contributed by atoms with Crippen molar-refractivity contribution in [1.82, 2.24) is 4.90 Å². The summed E-state index contributed by atoms with van der Waals surface area (Å²) in [5, 5.41) is 0. The molecule has 0 radical (unpaired) electrons. The van der Waals surface area contributed by atoms with E-state index in [-0.39, 0.29) is 25.0 Å². The van der Waals surface area contributed by atoms with Gasteiger partial charge in [-0.05, 0) is 32.2 Å². The smallest absolute Gasteiger partial charge is 0.261 e. The van der Waals surface area contributed by atoms with Gasteiger partial charge in [-0.1, -0.05) is 6.42 Å². The van der Waals surface area contributed by atoms with Gasteiger partial charge in [0.15, 0.2) is 0 Å². The molecule has 1 amide bonds. The maximum absolute atomic E-state index is 12.1. The fraction of sp³-hybridized carbons (Fsp3) is 0.923. The number of carbonyl (C=O) groups is 1. The molecule has 1 fully saturated rings. The molecule has 2 atom stereocenters. The SMILES string of the molecule is CCN(C(=O)CCOCC(F)F)C1CCCC1CN. The van der Waals surface area contributed by atoms with E-state index in [1.807, 2.05) is 11.8 Å². The maximum atomic E-state index is 12.1. The minimum absolute atomic E-state index is 0.0258. The molecule has 112 valence electrons. The lowest BCUT2D eigenvalue weighted by Crippen LogP contribution is -2.44. The average molecular weight is 278 g/mol. The van der Waals surface area contributed by atoms with E-state index in [1.54, 1.807) is 0 Å². The predicted molar refractivity (Wildman–Crippen MR) is 69.0 cm³/mol. The summed E-state index contributed by atoms with van der Waals surface area (Å²) >= 11 is 0. The first-order chi connectivity index (χ1) is 9.10. The van der Waals surface area contributed by atoms with Gasteiger partial charge in [0.1, 0.15) is 6.61 Å². The van der Waals surface area contributed by atoms with Gasteiger partial charge in [-0.15, -0.1) is 0 Å². The number of hydrogen-bond donors (Lipinski definition) is 1. The minimum Gasteiger partial charge on any atom is -0.375 e. The van der Waals surface area contributed by atoms with Crippen LogP contribution in [0, 0.1) is 5.92 Å². The van der Waals surface area contributed by atoms with Crippen LogP contribution in [0.4, 0.5) is 8.78 Å². The van der Waals surface area contributed by atoms with Crippen LogP contribution in [0.5, 0.6) is 0 Å². The summed E-state index contributed by atoms with van der Waals surface area (Å²) in [6, 6.07) is 0.206. The van der Waals surface area contributed by atoms with Gasteiger partial charge < -0.3 is 15.4 Å². The highest BCUT2D eigenvalue weighted by Crippen LogP contribution is 2.29. The molecule has 0 aromatic heterocycles. The Hall–Kier alpha value is -0.750. The monoisotopic (exact) mass is 278 g/mol. The molecule has 1 aliphatic carbocycles. The van der Waals surface area contributed by atoms with Crippen LogP contribution < -0.4 is 5.73 Å². The number of halogens is 2. The van der Waals surface area contributed by atoms with Crippen molar-refractivity contribution in [3.05, 3.63) is 0 Å². The molecule has 1 saturated carbocycles. The molecule has 19 heavy (non-hydrogen) atoms. The zero-order chi connectivity index (χ0) is 14.3. The molecule has 2 N–H and O–H groups in total. The lowest BCUT2D eigenvalue weighted by atomic mass is 10.0. The lowest BCUT2D eigenvalue weighted by molar-refractivity contribution is -0.135. The van der Waals surface area contributed by atoms with Gasteiger partial charge in [0.2, 0.25) is 5.91 Å². The quantitative estimate of drug-likeness (QED) is 0.687. The van der Waals surface area contributed by atoms with Gasteiger partial charge >= 0.3 is 0 Å². The second-order valence-corrected chi connectivity index (χ2v) is 4.89. The van der Waals surface area contributed by atoms with Crippen molar-refractivity contribution >= 4 is 5.91 Å². The number of nitrogens with two attached hydrogens (primary N) is 1. The van der Waals surface area contributed by atoms with Gasteiger partial charge in [0.05, 0.1) is 13.0 Å². The van der Waals surface area contributed by atoms with Crippen LogP contribution in [0.25, 0.3) is 0 Å². The second-order valence-electron chi connectivity index (χ2n) is 4.89. The summed E-state index contributed by atoms with van der Waals surface area (Å²) in [7, 11) is 0. The zero-order valence-corrected chi connectivity index (χ0v) is 11.5. The Labute approximate surface area is 113 Å². The predicted octanol–water partition coefficient (Wildman–Crippen LogP) is 1.63. The van der Waals surface area contributed by atoms with Gasteiger partial charge in [0.25, 0.3) is 6.43 Å². The summed E-state index contributed by atoms with van der Waals surface area (Å²) in [4.78, 5) is 13.9. The van der Waals surface area contributed by atoms with E-state index in [9.17, 15) is 13.6 Å². The number of carbonyl (C=O) groups excluding carboxylic acids is 1. The summed E-state index contributed by atoms with van der Waals surface area (Å²) in [5.41, 5.74) is 5.73. The van der Waals surface area contributed by atoms with Crippen molar-refractivity contribution in [2.24, 2.45) is 11.7 Å². The minimum atomic E-state index is -2.48. The number of nitrogens with zero attached hydrogens (tertiary/aromatic N) is 1. The number of alkyl halides is 2. The molecule has 0 saturated heterocycles. The largest absolute Gasteiger partial charge is 0.375 e. The number of hydrogen-bond acceptors (Lipinski definition) is 3. The summed E-state index contributed by atoms with van der Waals surface area (Å²) in [5.74, 6) is 0.341. The van der Waals surface area contributed by atoms with Crippen molar-refractivity contribution in [1.29, 1.82) is 0 Å². The lowest BCUT2D eigenvalue weighted by Gasteiger charge is -2.32. The standard InChI is InChI=1S/C13H24F2N2O2/c1-2-17(11-5-3-4-10(11)8-16)13(18)6-7-19-9-12(14)15/h10-12H,2-9,16H2,1H3. The van der Waals surface area contributed by atoms with E-state index in [4.69, 9.17) is 10.5 Å². The molecule has 0 aromatic carbocycles. The third kappa shape index (κ3) is 5.03. The molecule has 1 rings (SSSR count). The second kappa shape index (κ2) is 8.43. The fourth-order valence-corrected chi connectivity index (χ4v) is 2.77. The Kier molecular flexibility index (Phi) is 7.23. The first-order valence-electron chi connectivity index (χ1n) is 6.95. The summed E-state index contributed by atoms with van der Waals surface area (Å²) < 4.78 is 28.5. The highest BCUT2D eigenvalue weighted by molar-refractivity contribution is 5.76. The van der Waals surface area contributed by atoms with Gasteiger partial charge in [-0.3, -0.25) is 4.79 Å². The van der Waals surface area contributed by atoms with Crippen LogP contribution in [0.3, 0.4) is 0 Å². The third-order valence-corrected chi connectivity index (χ3v) is 3.69. The molecule has 0 aliphatic heterocycles. The molecule has 1 aliphatic rings. The van der Waals surface area contributed by atoms with Crippen LogP contribution in [0.1, 0.15) is 32.6 Å². The number of ether oxygens (including phenoxy) is 1. The summed E-state index contributed by atoms with van der Waals surface area (Å²) in [6.07, 6.45) is 0.826. The van der Waals surface area contributed by atoms with Crippen LogP contribution in [0.2, 0.25) is 0 Å². The van der Waals surface area contributed by atoms with Crippen LogP contribution >= 0.6 is 0 Å². The van der Waals surface area contributed by atoms with E-state index < -0.39 is 13.0 Å². The highest BCUT2D eigenvalue weighted by Gasteiger charge is 2.32. The molecule has 2 unspecified atom stereocenters. The summed E-state index contributed by atoms with van der Waals surface area (Å²) in [6.45, 7) is 2.61. The molecule has 4 nitrogen and oxygen atoms in total. The first kappa shape index (κ1) is 16.3. The Bertz CT molecular complexity index is 277. The number of rotatable bonds is 8. The van der Waals surface area contributed by atoms with Gasteiger partial charge in [-0.25, -0.2) is 8.78 Å². The number of amides is 1. The van der Waals surface area contributed by atoms with Crippen molar-refractivity contribution in [2.75, 3.05) is 26.3 Å². The van der Waals surface area contributed by atoms with E-state index in [0.29, 0.717) is 19.0 Å². The van der Waals surface area contributed by atoms with Crippen LogP contribution in [-0.4, -0.2) is 49.6 Å². The Morgan fingerprint density at radius 2 is 2.21 bits per heavy atom.